The van der Waals surface area contributed by atoms with Crippen LogP contribution in [0.1, 0.15) is 83.3 Å². The monoisotopic (exact) mass is 552 g/mol. The quantitative estimate of drug-likeness (QED) is 0.430. The first-order valence-corrected chi connectivity index (χ1v) is 14.4. The predicted octanol–water partition coefficient (Wildman–Crippen LogP) is 4.96. The van der Waals surface area contributed by atoms with Gasteiger partial charge in [0.1, 0.15) is 18.3 Å². The molecule has 0 radical (unpaired) electrons. The lowest BCUT2D eigenvalue weighted by atomic mass is 9.69. The van der Waals surface area contributed by atoms with Crippen molar-refractivity contribution in [3.8, 4) is 11.9 Å². The molecule has 2 aromatic rings. The fourth-order valence-electron chi connectivity index (χ4n) is 5.82. The molecule has 1 saturated carbocycles. The fourth-order valence-corrected chi connectivity index (χ4v) is 5.82. The predicted molar refractivity (Wildman–Crippen MR) is 147 cm³/mol. The van der Waals surface area contributed by atoms with Crippen molar-refractivity contribution in [2.75, 3.05) is 26.4 Å². The van der Waals surface area contributed by atoms with Crippen LogP contribution in [0.3, 0.4) is 0 Å². The first kappa shape index (κ1) is 28.5. The molecule has 6 rings (SSSR count). The van der Waals surface area contributed by atoms with E-state index < -0.39 is 11.7 Å². The average molecular weight is 553 g/mol. The number of fused-ring (bicyclic) bond motifs is 4. The number of nitrogens with one attached hydrogen (secondary N) is 1. The number of rotatable bonds is 9. The highest BCUT2D eigenvalue weighted by Gasteiger charge is 2.50. The van der Waals surface area contributed by atoms with Crippen LogP contribution in [0, 0.1) is 11.3 Å². The Hall–Kier alpha value is -3.00. The normalized spacial score (nSPS) is 26.3. The van der Waals surface area contributed by atoms with Crippen molar-refractivity contribution in [2.45, 2.75) is 102 Å². The number of ether oxygens (including phenoxy) is 5. The largest absolute Gasteiger partial charge is 0.475 e. The Morgan fingerprint density at radius 3 is 2.70 bits per heavy atom. The van der Waals surface area contributed by atoms with Crippen LogP contribution in [-0.4, -0.2) is 65.5 Å². The van der Waals surface area contributed by atoms with Gasteiger partial charge in [0.2, 0.25) is 5.88 Å². The van der Waals surface area contributed by atoms with Crippen molar-refractivity contribution in [3.05, 3.63) is 29.5 Å². The first-order chi connectivity index (χ1) is 19.2. The van der Waals surface area contributed by atoms with Crippen LogP contribution in [0.15, 0.2) is 18.3 Å². The van der Waals surface area contributed by atoms with Gasteiger partial charge in [0.05, 0.1) is 41.0 Å². The van der Waals surface area contributed by atoms with E-state index in [9.17, 15) is 10.1 Å². The number of hydrogen-bond donors (Lipinski definition) is 1. The standard InChI is InChI=1S/C30H40N4O6/c1-28(2,3)40-27(35)34-29-11-13-30(14-12-29,39-20-29)10-9-22-21(18-31)19-32-23-7-8-24(33-26(22)23)36-16-17-38-25-6-4-5-15-37-25/h7-8,19,25H,4-6,9-17,20H2,1-3H3,(H,34,35). The second-order valence-electron chi connectivity index (χ2n) is 12.2. The van der Waals surface area contributed by atoms with E-state index in [4.69, 9.17) is 28.7 Å². The van der Waals surface area contributed by atoms with Crippen molar-refractivity contribution >= 4 is 17.1 Å². The molecule has 5 heterocycles. The van der Waals surface area contributed by atoms with E-state index in [2.05, 4.69) is 16.4 Å². The number of carbonyl (C=O) groups excluding carboxylic acids is 1. The van der Waals surface area contributed by atoms with Gasteiger partial charge in [-0.15, -0.1) is 0 Å². The highest BCUT2D eigenvalue weighted by atomic mass is 16.7. The number of aryl methyl sites for hydroxylation is 1. The van der Waals surface area contributed by atoms with Crippen LogP contribution in [0.25, 0.3) is 11.0 Å². The van der Waals surface area contributed by atoms with Crippen LogP contribution in [0.4, 0.5) is 4.79 Å². The van der Waals surface area contributed by atoms with Gasteiger partial charge in [-0.2, -0.15) is 5.26 Å². The minimum Gasteiger partial charge on any atom is -0.475 e. The highest BCUT2D eigenvalue weighted by Crippen LogP contribution is 2.46. The van der Waals surface area contributed by atoms with Gasteiger partial charge >= 0.3 is 6.09 Å². The van der Waals surface area contributed by atoms with E-state index in [1.165, 1.54) is 0 Å². The van der Waals surface area contributed by atoms with Gasteiger partial charge in [-0.05, 0) is 90.2 Å². The lowest BCUT2D eigenvalue weighted by Gasteiger charge is -2.53. The summed E-state index contributed by atoms with van der Waals surface area (Å²) in [5.74, 6) is 0.474. The van der Waals surface area contributed by atoms with Gasteiger partial charge in [0.25, 0.3) is 0 Å². The van der Waals surface area contributed by atoms with Crippen LogP contribution >= 0.6 is 0 Å². The number of nitriles is 1. The molecule has 1 atom stereocenters. The SMILES string of the molecule is CC(C)(C)OC(=O)NC12CCC(CCc3c(C#N)cnc4ccc(OCCOC5CCCCO5)nc34)(CC1)OC2. The smallest absolute Gasteiger partial charge is 0.408 e. The topological polar surface area (TPSA) is 125 Å². The number of alkyl carbamates (subject to hydrolysis) is 1. The summed E-state index contributed by atoms with van der Waals surface area (Å²) < 4.78 is 29.1. The Morgan fingerprint density at radius 2 is 2.02 bits per heavy atom. The highest BCUT2D eigenvalue weighted by molar-refractivity contribution is 5.80. The first-order valence-electron chi connectivity index (χ1n) is 14.4. The van der Waals surface area contributed by atoms with Gasteiger partial charge in [-0.25, -0.2) is 9.78 Å². The van der Waals surface area contributed by atoms with E-state index in [1.807, 2.05) is 26.8 Å². The van der Waals surface area contributed by atoms with Gasteiger partial charge in [0.15, 0.2) is 6.29 Å². The number of hydrogen-bond acceptors (Lipinski definition) is 9. The Balaban J connectivity index is 1.21. The van der Waals surface area contributed by atoms with Gasteiger partial charge < -0.3 is 29.0 Å². The van der Waals surface area contributed by atoms with E-state index in [1.54, 1.807) is 12.3 Å². The third-order valence-electron chi connectivity index (χ3n) is 8.06. The maximum absolute atomic E-state index is 12.4. The zero-order chi connectivity index (χ0) is 28.2. The summed E-state index contributed by atoms with van der Waals surface area (Å²) in [5.41, 5.74) is 1.56. The number of carbonyl (C=O) groups is 1. The maximum atomic E-state index is 12.4. The molecule has 2 aromatic heterocycles. The van der Waals surface area contributed by atoms with Crippen LogP contribution < -0.4 is 10.1 Å². The summed E-state index contributed by atoms with van der Waals surface area (Å²) in [6.07, 6.45) is 8.89. The average Bonchev–Trinajstić information content (AvgIpc) is 2.94. The van der Waals surface area contributed by atoms with Crippen LogP contribution in [0.5, 0.6) is 5.88 Å². The molecule has 10 nitrogen and oxygen atoms in total. The Kier molecular flexibility index (Phi) is 8.45. The molecule has 4 fully saturated rings. The third kappa shape index (κ3) is 6.82. The molecule has 2 bridgehead atoms. The molecule has 1 aliphatic carbocycles. The molecular weight excluding hydrogens is 512 g/mol. The van der Waals surface area contributed by atoms with E-state index in [0.29, 0.717) is 43.2 Å². The van der Waals surface area contributed by atoms with E-state index in [0.717, 1.165) is 69.1 Å². The molecule has 1 amide bonds. The lowest BCUT2D eigenvalue weighted by molar-refractivity contribution is -0.165. The second kappa shape index (κ2) is 11.9. The van der Waals surface area contributed by atoms with Crippen molar-refractivity contribution in [1.29, 1.82) is 5.26 Å². The molecule has 40 heavy (non-hydrogen) atoms. The van der Waals surface area contributed by atoms with E-state index >= 15 is 0 Å². The summed E-state index contributed by atoms with van der Waals surface area (Å²) in [7, 11) is 0. The number of aromatic nitrogens is 2. The molecule has 10 heteroatoms. The Bertz CT molecular complexity index is 1220. The minimum atomic E-state index is -0.545. The molecule has 1 unspecified atom stereocenters. The summed E-state index contributed by atoms with van der Waals surface area (Å²) >= 11 is 0. The molecule has 0 spiro atoms. The van der Waals surface area contributed by atoms with Crippen LogP contribution in [0.2, 0.25) is 0 Å². The number of nitrogens with zero attached hydrogens (tertiary/aromatic N) is 3. The molecule has 216 valence electrons. The molecule has 4 aliphatic rings. The summed E-state index contributed by atoms with van der Waals surface area (Å²) in [4.78, 5) is 21.6. The second-order valence-corrected chi connectivity index (χ2v) is 12.2. The minimum absolute atomic E-state index is 0.157. The zero-order valence-electron chi connectivity index (χ0n) is 23.8. The summed E-state index contributed by atoms with van der Waals surface area (Å²) in [6.45, 7) is 7.55. The molecular formula is C30H40N4O6. The number of pyridine rings is 2. The zero-order valence-corrected chi connectivity index (χ0v) is 23.8. The summed E-state index contributed by atoms with van der Waals surface area (Å²) in [6, 6.07) is 5.96. The molecule has 1 N–H and O–H groups in total. The number of amides is 1. The lowest BCUT2D eigenvalue weighted by Crippen LogP contribution is -2.63. The fraction of sp³-hybridized carbons (Fsp3) is 0.667. The van der Waals surface area contributed by atoms with Crippen molar-refractivity contribution in [1.82, 2.24) is 15.3 Å². The molecule has 3 saturated heterocycles. The Labute approximate surface area is 235 Å². The third-order valence-corrected chi connectivity index (χ3v) is 8.06. The van der Waals surface area contributed by atoms with Gasteiger partial charge in [-0.1, -0.05) is 0 Å². The van der Waals surface area contributed by atoms with Crippen molar-refractivity contribution in [2.24, 2.45) is 0 Å². The van der Waals surface area contributed by atoms with Gasteiger partial charge in [0, 0.05) is 18.9 Å². The van der Waals surface area contributed by atoms with Gasteiger partial charge in [-0.3, -0.25) is 4.98 Å². The van der Waals surface area contributed by atoms with Crippen molar-refractivity contribution in [3.63, 3.8) is 0 Å². The van der Waals surface area contributed by atoms with Crippen molar-refractivity contribution < 1.29 is 28.5 Å². The maximum Gasteiger partial charge on any atom is 0.408 e. The van der Waals surface area contributed by atoms with E-state index in [-0.39, 0.29) is 17.4 Å². The molecule has 3 aliphatic heterocycles. The summed E-state index contributed by atoms with van der Waals surface area (Å²) in [5, 5.41) is 12.9. The van der Waals surface area contributed by atoms with Crippen LogP contribution in [-0.2, 0) is 25.4 Å². The molecule has 0 aromatic carbocycles. The Morgan fingerprint density at radius 1 is 1.20 bits per heavy atom.